The number of rotatable bonds is 6. The number of unbranched alkanes of at least 4 members (excludes halogenated alkanes) is 2. The Hall–Kier alpha value is -1.19. The monoisotopic (exact) mass is 317 g/mol. The highest BCUT2D eigenvalue weighted by molar-refractivity contribution is 5.29. The topological polar surface area (TPSA) is 9.23 Å². The smallest absolute Gasteiger partial charge is 0.406 e. The maximum Gasteiger partial charge on any atom is 0.573 e. The first-order valence-electron chi connectivity index (χ1n) is 9.48. The molecule has 1 aliphatic rings. The number of hydrogen-bond acceptors (Lipinski definition) is 1. The van der Waals surface area contributed by atoms with Crippen molar-refractivity contribution < 1.29 is 22.0 Å². The second-order valence-corrected chi connectivity index (χ2v) is 5.84. The van der Waals surface area contributed by atoms with Gasteiger partial charge in [-0.15, -0.1) is 13.2 Å². The van der Waals surface area contributed by atoms with Gasteiger partial charge in [0.25, 0.3) is 0 Å². The predicted octanol–water partition coefficient (Wildman–Crippen LogP) is 6.44. The van der Waals surface area contributed by atoms with Crippen LogP contribution in [0.5, 0.6) is 5.75 Å². The number of alkyl halides is 3. The van der Waals surface area contributed by atoms with E-state index in [1.165, 1.54) is 24.3 Å². The zero-order valence-electron chi connectivity index (χ0n) is 15.8. The van der Waals surface area contributed by atoms with Crippen molar-refractivity contribution in [1.82, 2.24) is 0 Å². The number of hydrogen-bond donors (Lipinski definition) is 0. The first-order chi connectivity index (χ1) is 11.6. The van der Waals surface area contributed by atoms with Gasteiger partial charge < -0.3 is 4.74 Å². The Bertz CT molecular complexity index is 545. The highest BCUT2D eigenvalue weighted by atomic mass is 19.4. The molecule has 1 aromatic carbocycles. The lowest BCUT2D eigenvalue weighted by molar-refractivity contribution is -0.274. The van der Waals surface area contributed by atoms with E-state index < -0.39 is 25.1 Å². The molecule has 0 amide bonds. The number of ether oxygens (including phenoxy) is 1. The zero-order valence-corrected chi connectivity index (χ0v) is 12.8. The first-order valence-corrected chi connectivity index (χ1v) is 7.90. The van der Waals surface area contributed by atoms with Crippen LogP contribution in [0, 0.1) is 5.92 Å². The van der Waals surface area contributed by atoms with Crippen LogP contribution in [0.3, 0.4) is 0 Å². The molecular formula is C18H25F3O. The third-order valence-corrected chi connectivity index (χ3v) is 4.02. The SMILES string of the molecule is [2H][C@@H]1C[C@@H](CCCCC)CC([2H])([2H])C1c1ccc(OC(F)(F)F)cc1. The van der Waals surface area contributed by atoms with E-state index in [2.05, 4.69) is 11.7 Å². The van der Waals surface area contributed by atoms with Crippen LogP contribution < -0.4 is 4.74 Å². The largest absolute Gasteiger partial charge is 0.573 e. The van der Waals surface area contributed by atoms with Gasteiger partial charge in [0.05, 0.1) is 0 Å². The minimum absolute atomic E-state index is 0.202. The van der Waals surface area contributed by atoms with Crippen molar-refractivity contribution in [3.8, 4) is 5.75 Å². The fourth-order valence-electron chi connectivity index (χ4n) is 2.82. The summed E-state index contributed by atoms with van der Waals surface area (Å²) in [6.45, 7) is 2.12. The molecule has 0 radical (unpaired) electrons. The van der Waals surface area contributed by atoms with Crippen LogP contribution in [0.25, 0.3) is 0 Å². The Labute approximate surface area is 135 Å². The molecule has 0 bridgehead atoms. The van der Waals surface area contributed by atoms with Gasteiger partial charge >= 0.3 is 6.36 Å². The Kier molecular flexibility index (Phi) is 4.76. The molecule has 0 spiro atoms. The molecular weight excluding hydrogens is 289 g/mol. The number of benzene rings is 1. The third-order valence-electron chi connectivity index (χ3n) is 4.02. The van der Waals surface area contributed by atoms with Crippen LogP contribution in [0.15, 0.2) is 24.3 Å². The first kappa shape index (κ1) is 13.3. The van der Waals surface area contributed by atoms with Crippen molar-refractivity contribution in [2.24, 2.45) is 5.92 Å². The molecule has 0 saturated heterocycles. The second-order valence-electron chi connectivity index (χ2n) is 5.84. The van der Waals surface area contributed by atoms with Crippen molar-refractivity contribution in [3.63, 3.8) is 0 Å². The van der Waals surface area contributed by atoms with Crippen LogP contribution in [0.1, 0.15) is 73.8 Å². The lowest BCUT2D eigenvalue weighted by Gasteiger charge is -2.29. The molecule has 0 N–H and O–H groups in total. The van der Waals surface area contributed by atoms with Gasteiger partial charge in [0, 0.05) is 4.11 Å². The summed E-state index contributed by atoms with van der Waals surface area (Å²) in [7, 11) is 0. The van der Waals surface area contributed by atoms with E-state index >= 15 is 0 Å². The van der Waals surface area contributed by atoms with Crippen molar-refractivity contribution in [2.45, 2.75) is 70.5 Å². The van der Waals surface area contributed by atoms with E-state index in [0.29, 0.717) is 18.4 Å². The summed E-state index contributed by atoms with van der Waals surface area (Å²) in [5, 5.41) is 0. The standard InChI is InChI=1S/C18H25F3O/c1-2-3-4-5-14-6-8-15(9-7-14)16-10-12-17(13-11-16)22-18(19,20)21/h10-15H,2-9H2,1H3/t14-,15?/i8D,9D2/t8-,14-,15?/m1/s1. The van der Waals surface area contributed by atoms with Gasteiger partial charge in [-0.25, -0.2) is 0 Å². The van der Waals surface area contributed by atoms with E-state index in [9.17, 15) is 13.2 Å². The van der Waals surface area contributed by atoms with Crippen molar-refractivity contribution in [3.05, 3.63) is 29.8 Å². The van der Waals surface area contributed by atoms with Crippen LogP contribution >= 0.6 is 0 Å². The van der Waals surface area contributed by atoms with Crippen LogP contribution in [-0.2, 0) is 0 Å². The molecule has 0 aliphatic heterocycles. The van der Waals surface area contributed by atoms with Gasteiger partial charge in [0.1, 0.15) is 5.75 Å². The highest BCUT2D eigenvalue weighted by Gasteiger charge is 2.31. The van der Waals surface area contributed by atoms with Crippen molar-refractivity contribution in [2.75, 3.05) is 0 Å². The van der Waals surface area contributed by atoms with Gasteiger partial charge in [-0.05, 0) is 55.1 Å². The molecule has 1 aliphatic carbocycles. The molecule has 2 rings (SSSR count). The Morgan fingerprint density at radius 3 is 2.50 bits per heavy atom. The van der Waals surface area contributed by atoms with E-state index in [1.807, 2.05) is 0 Å². The quantitative estimate of drug-likeness (QED) is 0.549. The van der Waals surface area contributed by atoms with Gasteiger partial charge in [0.2, 0.25) is 0 Å². The second kappa shape index (κ2) is 7.89. The van der Waals surface area contributed by atoms with Gasteiger partial charge in [0.15, 0.2) is 0 Å². The summed E-state index contributed by atoms with van der Waals surface area (Å²) in [5.74, 6) is -0.755. The molecule has 1 fully saturated rings. The minimum Gasteiger partial charge on any atom is -0.406 e. The normalized spacial score (nSPS) is 30.2. The van der Waals surface area contributed by atoms with Crippen molar-refractivity contribution >= 4 is 0 Å². The van der Waals surface area contributed by atoms with E-state index in [1.54, 1.807) is 0 Å². The van der Waals surface area contributed by atoms with Gasteiger partial charge in [-0.1, -0.05) is 44.7 Å². The third kappa shape index (κ3) is 5.54. The molecule has 1 aromatic rings. The van der Waals surface area contributed by atoms with E-state index in [4.69, 9.17) is 4.11 Å². The van der Waals surface area contributed by atoms with E-state index in [0.717, 1.165) is 25.7 Å². The molecule has 1 nitrogen and oxygen atoms in total. The Balaban J connectivity index is 2.08. The molecule has 124 valence electrons. The lowest BCUT2D eigenvalue weighted by atomic mass is 9.77. The Morgan fingerprint density at radius 2 is 1.91 bits per heavy atom. The summed E-state index contributed by atoms with van der Waals surface area (Å²) >= 11 is 0. The summed E-state index contributed by atoms with van der Waals surface area (Å²) in [6.07, 6.45) is -1.62. The number of halogens is 3. The fourth-order valence-corrected chi connectivity index (χ4v) is 2.82. The van der Waals surface area contributed by atoms with Crippen molar-refractivity contribution in [1.29, 1.82) is 0 Å². The summed E-state index contributed by atoms with van der Waals surface area (Å²) < 4.78 is 65.7. The van der Waals surface area contributed by atoms with Crippen LogP contribution in [0.2, 0.25) is 0 Å². The van der Waals surface area contributed by atoms with Crippen LogP contribution in [-0.4, -0.2) is 6.36 Å². The molecule has 0 aromatic heterocycles. The zero-order chi connectivity index (χ0) is 18.7. The summed E-state index contributed by atoms with van der Waals surface area (Å²) in [6, 6.07) is 5.28. The highest BCUT2D eigenvalue weighted by Crippen LogP contribution is 2.38. The predicted molar refractivity (Wildman–Crippen MR) is 82.0 cm³/mol. The lowest BCUT2D eigenvalue weighted by Crippen LogP contribution is -2.17. The summed E-state index contributed by atoms with van der Waals surface area (Å²) in [5.41, 5.74) is 0.562. The molecule has 3 atom stereocenters. The average Bonchev–Trinajstić information content (AvgIpc) is 2.46. The van der Waals surface area contributed by atoms with E-state index in [-0.39, 0.29) is 11.7 Å². The fraction of sp³-hybridized carbons (Fsp3) is 0.667. The van der Waals surface area contributed by atoms with Crippen LogP contribution in [0.4, 0.5) is 13.2 Å². The van der Waals surface area contributed by atoms with Gasteiger partial charge in [-0.3, -0.25) is 0 Å². The van der Waals surface area contributed by atoms with Gasteiger partial charge in [-0.2, -0.15) is 0 Å². The Morgan fingerprint density at radius 1 is 1.18 bits per heavy atom. The molecule has 22 heavy (non-hydrogen) atoms. The minimum atomic E-state index is -4.75. The summed E-state index contributed by atoms with van der Waals surface area (Å²) in [4.78, 5) is 0. The molecule has 1 saturated carbocycles. The molecule has 0 heterocycles. The molecule has 4 heteroatoms. The maximum absolute atomic E-state index is 12.2. The maximum atomic E-state index is 12.2. The molecule has 1 unspecified atom stereocenters. The average molecular weight is 317 g/mol.